The molecule has 26 heavy (non-hydrogen) atoms. The van der Waals surface area contributed by atoms with E-state index in [4.69, 9.17) is 4.74 Å². The number of halogens is 1. The number of hydrogen-bond acceptors (Lipinski definition) is 5. The molecule has 2 aromatic rings. The van der Waals surface area contributed by atoms with Crippen LogP contribution in [0.25, 0.3) is 0 Å². The summed E-state index contributed by atoms with van der Waals surface area (Å²) in [5, 5.41) is 16.1. The molecule has 0 atom stereocenters. The number of nitrogens with zero attached hydrogens (tertiary/aromatic N) is 1. The molecule has 0 aliphatic heterocycles. The van der Waals surface area contributed by atoms with Gasteiger partial charge < -0.3 is 15.2 Å². The molecule has 0 heterocycles. The fourth-order valence-electron chi connectivity index (χ4n) is 1.97. The van der Waals surface area contributed by atoms with E-state index in [0.717, 1.165) is 5.56 Å². The monoisotopic (exact) mass is 419 g/mol. The molecular formula is C18H18BrN3O4. The number of hydrazone groups is 1. The molecular weight excluding hydrogens is 402 g/mol. The van der Waals surface area contributed by atoms with E-state index in [1.54, 1.807) is 31.2 Å². The Labute approximate surface area is 159 Å². The van der Waals surface area contributed by atoms with E-state index < -0.39 is 11.8 Å². The number of hydrogen-bond donors (Lipinski definition) is 3. The number of anilines is 1. The maximum Gasteiger partial charge on any atom is 0.329 e. The number of rotatable bonds is 5. The number of phenolic OH excluding ortho intramolecular Hbond substituents is 1. The molecule has 0 saturated heterocycles. The molecule has 2 aromatic carbocycles. The Hall–Kier alpha value is -2.87. The van der Waals surface area contributed by atoms with Gasteiger partial charge in [0.15, 0.2) is 11.5 Å². The summed E-state index contributed by atoms with van der Waals surface area (Å²) in [6.07, 6.45) is 1.34. The van der Waals surface area contributed by atoms with Crippen molar-refractivity contribution >= 4 is 39.6 Å². The second kappa shape index (κ2) is 9.00. The third-order valence-electron chi connectivity index (χ3n) is 3.25. The Morgan fingerprint density at radius 1 is 1.23 bits per heavy atom. The van der Waals surface area contributed by atoms with Gasteiger partial charge in [0.05, 0.1) is 17.3 Å². The molecule has 8 heteroatoms. The molecule has 0 aromatic heterocycles. The average molecular weight is 420 g/mol. The van der Waals surface area contributed by atoms with E-state index in [1.165, 1.54) is 6.21 Å². The van der Waals surface area contributed by atoms with Crippen LogP contribution in [-0.2, 0) is 9.59 Å². The van der Waals surface area contributed by atoms with Crippen LogP contribution in [0.1, 0.15) is 18.1 Å². The average Bonchev–Trinajstić information content (AvgIpc) is 2.61. The third-order valence-corrected chi connectivity index (χ3v) is 3.85. The molecule has 7 nitrogen and oxygen atoms in total. The standard InChI is InChI=1S/C18H18BrN3O4/c1-3-26-15-9-12(8-14(19)16(15)23)10-20-22-18(25)17(24)21-13-6-4-11(2)5-7-13/h4-10,23H,3H2,1-2H3,(H,21,24)(H,22,25)/b20-10+. The highest BCUT2D eigenvalue weighted by Gasteiger charge is 2.13. The molecule has 136 valence electrons. The zero-order valence-corrected chi connectivity index (χ0v) is 15.8. The first-order valence-electron chi connectivity index (χ1n) is 7.77. The minimum absolute atomic E-state index is 0.0227. The van der Waals surface area contributed by atoms with E-state index in [9.17, 15) is 14.7 Å². The summed E-state index contributed by atoms with van der Waals surface area (Å²) in [5.41, 5.74) is 4.28. The van der Waals surface area contributed by atoms with Gasteiger partial charge in [-0.3, -0.25) is 9.59 Å². The molecule has 0 aliphatic carbocycles. The number of phenols is 1. The Morgan fingerprint density at radius 3 is 2.58 bits per heavy atom. The fraction of sp³-hybridized carbons (Fsp3) is 0.167. The number of benzene rings is 2. The van der Waals surface area contributed by atoms with Crippen LogP contribution in [-0.4, -0.2) is 29.7 Å². The summed E-state index contributed by atoms with van der Waals surface area (Å²) in [6, 6.07) is 10.2. The second-order valence-electron chi connectivity index (χ2n) is 5.30. The van der Waals surface area contributed by atoms with Crippen LogP contribution in [0.3, 0.4) is 0 Å². The molecule has 0 fully saturated rings. The van der Waals surface area contributed by atoms with Gasteiger partial charge in [0.1, 0.15) is 0 Å². The summed E-state index contributed by atoms with van der Waals surface area (Å²) < 4.78 is 5.73. The zero-order chi connectivity index (χ0) is 19.1. The number of carbonyl (C=O) groups is 2. The van der Waals surface area contributed by atoms with Crippen molar-refractivity contribution in [2.24, 2.45) is 5.10 Å². The van der Waals surface area contributed by atoms with E-state index in [1.807, 2.05) is 19.1 Å². The Bertz CT molecular complexity index is 835. The van der Waals surface area contributed by atoms with Crippen LogP contribution in [0.5, 0.6) is 11.5 Å². The second-order valence-corrected chi connectivity index (χ2v) is 6.16. The van der Waals surface area contributed by atoms with Crippen molar-refractivity contribution in [2.45, 2.75) is 13.8 Å². The van der Waals surface area contributed by atoms with Crippen LogP contribution >= 0.6 is 15.9 Å². The van der Waals surface area contributed by atoms with Crippen molar-refractivity contribution in [3.8, 4) is 11.5 Å². The van der Waals surface area contributed by atoms with E-state index in [2.05, 4.69) is 31.8 Å². The largest absolute Gasteiger partial charge is 0.503 e. The lowest BCUT2D eigenvalue weighted by Gasteiger charge is -2.08. The van der Waals surface area contributed by atoms with Gasteiger partial charge in [0, 0.05) is 5.69 Å². The predicted molar refractivity (Wildman–Crippen MR) is 103 cm³/mol. The van der Waals surface area contributed by atoms with Crippen molar-refractivity contribution in [3.05, 3.63) is 52.0 Å². The summed E-state index contributed by atoms with van der Waals surface area (Å²) in [5.74, 6) is -1.46. The lowest BCUT2D eigenvalue weighted by Crippen LogP contribution is -2.32. The van der Waals surface area contributed by atoms with Gasteiger partial charge >= 0.3 is 11.8 Å². The number of ether oxygens (including phenoxy) is 1. The molecule has 3 N–H and O–H groups in total. The summed E-state index contributed by atoms with van der Waals surface area (Å²) in [6.45, 7) is 4.10. The van der Waals surface area contributed by atoms with Gasteiger partial charge in [0.2, 0.25) is 0 Å². The SMILES string of the molecule is CCOc1cc(/C=N/NC(=O)C(=O)Nc2ccc(C)cc2)cc(Br)c1O. The summed E-state index contributed by atoms with van der Waals surface area (Å²) in [4.78, 5) is 23.6. The lowest BCUT2D eigenvalue weighted by atomic mass is 10.2. The van der Waals surface area contributed by atoms with Crippen molar-refractivity contribution < 1.29 is 19.4 Å². The van der Waals surface area contributed by atoms with Gasteiger partial charge in [-0.25, -0.2) is 5.43 Å². The smallest absolute Gasteiger partial charge is 0.329 e. The van der Waals surface area contributed by atoms with Gasteiger partial charge in [-0.1, -0.05) is 17.7 Å². The van der Waals surface area contributed by atoms with Gasteiger partial charge in [-0.2, -0.15) is 5.10 Å². The highest BCUT2D eigenvalue weighted by atomic mass is 79.9. The third kappa shape index (κ3) is 5.32. The minimum Gasteiger partial charge on any atom is -0.503 e. The van der Waals surface area contributed by atoms with Gasteiger partial charge in [-0.05, 0) is 59.6 Å². The minimum atomic E-state index is -0.898. The normalized spacial score (nSPS) is 10.6. The first kappa shape index (κ1) is 19.5. The van der Waals surface area contributed by atoms with Crippen LogP contribution in [0.2, 0.25) is 0 Å². The summed E-state index contributed by atoms with van der Waals surface area (Å²) >= 11 is 3.21. The highest BCUT2D eigenvalue weighted by molar-refractivity contribution is 9.10. The number of amides is 2. The molecule has 0 bridgehead atoms. The van der Waals surface area contributed by atoms with Crippen LogP contribution in [0.15, 0.2) is 46.0 Å². The van der Waals surface area contributed by atoms with Crippen LogP contribution in [0, 0.1) is 6.92 Å². The lowest BCUT2D eigenvalue weighted by molar-refractivity contribution is -0.136. The Balaban J connectivity index is 1.97. The maximum absolute atomic E-state index is 11.8. The molecule has 0 saturated carbocycles. The summed E-state index contributed by atoms with van der Waals surface area (Å²) in [7, 11) is 0. The van der Waals surface area contributed by atoms with E-state index >= 15 is 0 Å². The van der Waals surface area contributed by atoms with Crippen LogP contribution < -0.4 is 15.5 Å². The number of nitrogens with one attached hydrogen (secondary N) is 2. The molecule has 0 unspecified atom stereocenters. The van der Waals surface area contributed by atoms with Crippen molar-refractivity contribution in [1.29, 1.82) is 0 Å². The molecule has 0 aliphatic rings. The molecule has 0 spiro atoms. The zero-order valence-electron chi connectivity index (χ0n) is 14.2. The van der Waals surface area contributed by atoms with E-state index in [0.29, 0.717) is 22.3 Å². The Morgan fingerprint density at radius 2 is 1.92 bits per heavy atom. The van der Waals surface area contributed by atoms with E-state index in [-0.39, 0.29) is 11.5 Å². The van der Waals surface area contributed by atoms with Gasteiger partial charge in [-0.15, -0.1) is 0 Å². The quantitative estimate of drug-likeness (QED) is 0.394. The Kier molecular flexibility index (Phi) is 6.74. The number of aromatic hydroxyl groups is 1. The van der Waals surface area contributed by atoms with Crippen LogP contribution in [0.4, 0.5) is 5.69 Å². The first-order chi connectivity index (χ1) is 12.4. The van der Waals surface area contributed by atoms with Gasteiger partial charge in [0.25, 0.3) is 0 Å². The topological polar surface area (TPSA) is 100 Å². The number of aryl methyl sites for hydroxylation is 1. The van der Waals surface area contributed by atoms with Crippen molar-refractivity contribution in [1.82, 2.24) is 5.43 Å². The van der Waals surface area contributed by atoms with Crippen molar-refractivity contribution in [2.75, 3.05) is 11.9 Å². The van der Waals surface area contributed by atoms with Crippen molar-refractivity contribution in [3.63, 3.8) is 0 Å². The highest BCUT2D eigenvalue weighted by Crippen LogP contribution is 2.34. The number of carbonyl (C=O) groups excluding carboxylic acids is 2. The fourth-order valence-corrected chi connectivity index (χ4v) is 2.43. The maximum atomic E-state index is 11.8. The molecule has 0 radical (unpaired) electrons. The molecule has 2 amide bonds. The predicted octanol–water partition coefficient (Wildman–Crippen LogP) is 2.95. The molecule has 2 rings (SSSR count). The first-order valence-corrected chi connectivity index (χ1v) is 8.56.